The molecule has 0 radical (unpaired) electrons. The summed E-state index contributed by atoms with van der Waals surface area (Å²) in [6.45, 7) is 6.75. The van der Waals surface area contributed by atoms with Crippen LogP contribution >= 0.6 is 0 Å². The maximum Gasteiger partial charge on any atom is 0.227 e. The number of nitrogens with zero attached hydrogens (tertiary/aromatic N) is 4. The molecule has 2 heterocycles. The first kappa shape index (κ1) is 16.4. The second kappa shape index (κ2) is 6.55. The van der Waals surface area contributed by atoms with Crippen LogP contribution in [0.1, 0.15) is 17.0 Å². The zero-order chi connectivity index (χ0) is 17.3. The summed E-state index contributed by atoms with van der Waals surface area (Å²) in [5.41, 5.74) is 3.85. The number of hydrogen-bond donors (Lipinski definition) is 1. The molecule has 1 amide bonds. The fourth-order valence-electron chi connectivity index (χ4n) is 3.26. The second-order valence-electron chi connectivity index (χ2n) is 6.31. The van der Waals surface area contributed by atoms with Crippen LogP contribution in [-0.2, 0) is 18.3 Å². The molecule has 128 valence electrons. The molecule has 1 fully saturated rings. The van der Waals surface area contributed by atoms with Crippen LogP contribution in [-0.4, -0.2) is 51.9 Å². The van der Waals surface area contributed by atoms with Crippen LogP contribution in [0.2, 0.25) is 0 Å². The van der Waals surface area contributed by atoms with Gasteiger partial charge in [-0.25, -0.2) is 0 Å². The van der Waals surface area contributed by atoms with E-state index in [9.17, 15) is 9.90 Å². The Morgan fingerprint density at radius 2 is 1.83 bits per heavy atom. The number of phenols is 1. The number of aromatic nitrogens is 2. The summed E-state index contributed by atoms with van der Waals surface area (Å²) in [6.07, 6.45) is 0.405. The van der Waals surface area contributed by atoms with E-state index < -0.39 is 0 Å². The third kappa shape index (κ3) is 3.09. The first-order valence-electron chi connectivity index (χ1n) is 8.27. The van der Waals surface area contributed by atoms with Crippen LogP contribution in [0.4, 0.5) is 5.69 Å². The van der Waals surface area contributed by atoms with Crippen molar-refractivity contribution >= 4 is 11.6 Å². The van der Waals surface area contributed by atoms with Gasteiger partial charge >= 0.3 is 0 Å². The molecule has 0 spiro atoms. The molecule has 0 saturated carbocycles. The number of anilines is 1. The Hall–Kier alpha value is -2.50. The minimum absolute atomic E-state index is 0.145. The van der Waals surface area contributed by atoms with Gasteiger partial charge in [-0.05, 0) is 26.0 Å². The molecule has 6 nitrogen and oxygen atoms in total. The van der Waals surface area contributed by atoms with Crippen molar-refractivity contribution in [2.45, 2.75) is 20.3 Å². The number of rotatable bonds is 3. The fourth-order valence-corrected chi connectivity index (χ4v) is 3.26. The van der Waals surface area contributed by atoms with Crippen molar-refractivity contribution < 1.29 is 9.90 Å². The largest absolute Gasteiger partial charge is 0.506 e. The molecule has 0 atom stereocenters. The summed E-state index contributed by atoms with van der Waals surface area (Å²) in [7, 11) is 1.90. The Labute approximate surface area is 142 Å². The lowest BCUT2D eigenvalue weighted by atomic mass is 10.1. The van der Waals surface area contributed by atoms with Gasteiger partial charge in [0.25, 0.3) is 0 Å². The maximum absolute atomic E-state index is 12.6. The molecule has 6 heteroatoms. The number of benzene rings is 1. The number of piperazine rings is 1. The first-order chi connectivity index (χ1) is 11.5. The smallest absolute Gasteiger partial charge is 0.227 e. The van der Waals surface area contributed by atoms with Gasteiger partial charge in [0.15, 0.2) is 0 Å². The highest BCUT2D eigenvalue weighted by atomic mass is 16.3. The molecule has 1 aliphatic heterocycles. The highest BCUT2D eigenvalue weighted by Crippen LogP contribution is 2.27. The lowest BCUT2D eigenvalue weighted by molar-refractivity contribution is -0.130. The molecule has 1 N–H and O–H groups in total. The van der Waals surface area contributed by atoms with Crippen LogP contribution in [0.5, 0.6) is 5.75 Å². The van der Waals surface area contributed by atoms with Crippen LogP contribution in [0, 0.1) is 13.8 Å². The maximum atomic E-state index is 12.6. The molecule has 0 aliphatic carbocycles. The number of para-hydroxylation sites is 2. The van der Waals surface area contributed by atoms with E-state index in [1.807, 2.05) is 48.7 Å². The molecular weight excluding hydrogens is 304 g/mol. The van der Waals surface area contributed by atoms with E-state index in [-0.39, 0.29) is 5.91 Å². The summed E-state index contributed by atoms with van der Waals surface area (Å²) in [4.78, 5) is 16.6. The average Bonchev–Trinajstić information content (AvgIpc) is 2.82. The average molecular weight is 328 g/mol. The summed E-state index contributed by atoms with van der Waals surface area (Å²) >= 11 is 0. The van der Waals surface area contributed by atoms with Gasteiger partial charge in [-0.15, -0.1) is 0 Å². The number of hydrogen-bond acceptors (Lipinski definition) is 4. The first-order valence-corrected chi connectivity index (χ1v) is 8.27. The van der Waals surface area contributed by atoms with Crippen LogP contribution in [0.3, 0.4) is 0 Å². The van der Waals surface area contributed by atoms with E-state index >= 15 is 0 Å². The Kier molecular flexibility index (Phi) is 4.46. The number of phenolic OH excluding ortho intramolecular Hbond substituents is 1. The summed E-state index contributed by atoms with van der Waals surface area (Å²) in [5, 5.41) is 14.3. The molecule has 1 aromatic carbocycles. The molecule has 2 aromatic rings. The van der Waals surface area contributed by atoms with Crippen molar-refractivity contribution in [2.24, 2.45) is 7.05 Å². The number of amides is 1. The van der Waals surface area contributed by atoms with Crippen molar-refractivity contribution in [2.75, 3.05) is 31.1 Å². The Balaban J connectivity index is 1.62. The molecule has 1 aliphatic rings. The highest BCUT2D eigenvalue weighted by molar-refractivity contribution is 5.79. The summed E-state index contributed by atoms with van der Waals surface area (Å²) < 4.78 is 1.83. The lowest BCUT2D eigenvalue weighted by Crippen LogP contribution is -2.49. The molecule has 0 unspecified atom stereocenters. The standard InChI is InChI=1S/C18H24N4O2/c1-13-15(14(2)20(3)19-13)12-18(24)22-10-8-21(9-11-22)16-6-4-5-7-17(16)23/h4-7,23H,8-12H2,1-3H3. The van der Waals surface area contributed by atoms with E-state index in [0.717, 1.165) is 35.7 Å². The van der Waals surface area contributed by atoms with Gasteiger partial charge in [-0.1, -0.05) is 12.1 Å². The van der Waals surface area contributed by atoms with Gasteiger partial charge in [0.1, 0.15) is 5.75 Å². The predicted molar refractivity (Wildman–Crippen MR) is 93.3 cm³/mol. The predicted octanol–water partition coefficient (Wildman–Crippen LogP) is 1.63. The lowest BCUT2D eigenvalue weighted by Gasteiger charge is -2.36. The van der Waals surface area contributed by atoms with Crippen molar-refractivity contribution in [1.29, 1.82) is 0 Å². The van der Waals surface area contributed by atoms with Gasteiger partial charge in [0.2, 0.25) is 5.91 Å². The third-order valence-corrected chi connectivity index (χ3v) is 4.84. The zero-order valence-corrected chi connectivity index (χ0v) is 14.5. The highest BCUT2D eigenvalue weighted by Gasteiger charge is 2.24. The van der Waals surface area contributed by atoms with E-state index in [2.05, 4.69) is 10.00 Å². The molecule has 3 rings (SSSR count). The number of aromatic hydroxyl groups is 1. The van der Waals surface area contributed by atoms with Gasteiger partial charge in [0.05, 0.1) is 17.8 Å². The number of carbonyl (C=O) groups excluding carboxylic acids is 1. The van der Waals surface area contributed by atoms with Gasteiger partial charge in [0, 0.05) is 44.5 Å². The van der Waals surface area contributed by atoms with Crippen molar-refractivity contribution in [3.63, 3.8) is 0 Å². The van der Waals surface area contributed by atoms with Crippen LogP contribution < -0.4 is 4.90 Å². The molecule has 1 aromatic heterocycles. The topological polar surface area (TPSA) is 61.6 Å². The van der Waals surface area contributed by atoms with Crippen LogP contribution in [0.25, 0.3) is 0 Å². The summed E-state index contributed by atoms with van der Waals surface area (Å²) in [5.74, 6) is 0.435. The quantitative estimate of drug-likeness (QED) is 0.930. The second-order valence-corrected chi connectivity index (χ2v) is 6.31. The van der Waals surface area contributed by atoms with E-state index in [0.29, 0.717) is 25.3 Å². The van der Waals surface area contributed by atoms with Gasteiger partial charge < -0.3 is 14.9 Å². The fraction of sp³-hybridized carbons (Fsp3) is 0.444. The van der Waals surface area contributed by atoms with Gasteiger partial charge in [-0.3, -0.25) is 9.48 Å². The Bertz CT molecular complexity index is 745. The van der Waals surface area contributed by atoms with E-state index in [4.69, 9.17) is 0 Å². The monoisotopic (exact) mass is 328 g/mol. The molecule has 0 bridgehead atoms. The Morgan fingerprint density at radius 3 is 2.42 bits per heavy atom. The minimum atomic E-state index is 0.145. The van der Waals surface area contributed by atoms with Crippen molar-refractivity contribution in [3.8, 4) is 5.75 Å². The molecule has 24 heavy (non-hydrogen) atoms. The minimum Gasteiger partial charge on any atom is -0.506 e. The van der Waals surface area contributed by atoms with E-state index in [1.54, 1.807) is 6.07 Å². The SMILES string of the molecule is Cc1nn(C)c(C)c1CC(=O)N1CCN(c2ccccc2O)CC1. The van der Waals surface area contributed by atoms with Crippen molar-refractivity contribution in [1.82, 2.24) is 14.7 Å². The van der Waals surface area contributed by atoms with Gasteiger partial charge in [-0.2, -0.15) is 5.10 Å². The number of carbonyl (C=O) groups is 1. The Morgan fingerprint density at radius 1 is 1.17 bits per heavy atom. The van der Waals surface area contributed by atoms with E-state index in [1.165, 1.54) is 0 Å². The summed E-state index contributed by atoms with van der Waals surface area (Å²) in [6, 6.07) is 7.34. The third-order valence-electron chi connectivity index (χ3n) is 4.84. The number of aryl methyl sites for hydroxylation is 2. The molecule has 1 saturated heterocycles. The van der Waals surface area contributed by atoms with Crippen molar-refractivity contribution in [3.05, 3.63) is 41.2 Å². The zero-order valence-electron chi connectivity index (χ0n) is 14.5. The van der Waals surface area contributed by atoms with Crippen LogP contribution in [0.15, 0.2) is 24.3 Å². The molecular formula is C18H24N4O2. The normalized spacial score (nSPS) is 15.0.